The van der Waals surface area contributed by atoms with Gasteiger partial charge in [-0.05, 0) is 52.7 Å². The van der Waals surface area contributed by atoms with Crippen LogP contribution in [0.15, 0.2) is 40.9 Å². The zero-order valence-corrected chi connectivity index (χ0v) is 12.3. The van der Waals surface area contributed by atoms with Crippen LogP contribution in [0.4, 0.5) is 0 Å². The number of ether oxygens (including phenoxy) is 2. The van der Waals surface area contributed by atoms with Crippen molar-refractivity contribution in [3.63, 3.8) is 0 Å². The van der Waals surface area contributed by atoms with Gasteiger partial charge in [-0.2, -0.15) is 0 Å². The molecule has 0 aliphatic carbocycles. The van der Waals surface area contributed by atoms with Crippen LogP contribution >= 0.6 is 15.9 Å². The monoisotopic (exact) mass is 333 g/mol. The van der Waals surface area contributed by atoms with Crippen LogP contribution in [-0.2, 0) is 6.61 Å². The van der Waals surface area contributed by atoms with Crippen LogP contribution in [-0.4, -0.2) is 5.11 Å². The minimum absolute atomic E-state index is 0.161. The molecular weight excluding hydrogens is 322 g/mol. The summed E-state index contributed by atoms with van der Waals surface area (Å²) in [5.41, 5.74) is 1.79. The molecule has 102 valence electrons. The highest BCUT2D eigenvalue weighted by Gasteiger charge is 2.09. The summed E-state index contributed by atoms with van der Waals surface area (Å²) in [5.74, 6) is 1.25. The fourth-order valence-corrected chi connectivity index (χ4v) is 2.24. The third-order valence-electron chi connectivity index (χ3n) is 2.81. The van der Waals surface area contributed by atoms with Crippen molar-refractivity contribution in [2.75, 3.05) is 0 Å². The second kappa shape index (κ2) is 6.31. The molecule has 0 aliphatic rings. The number of benzene rings is 2. The fraction of sp³-hybridized carbons (Fsp3) is 0.133. The third-order valence-corrected chi connectivity index (χ3v) is 3.43. The molecule has 0 bridgehead atoms. The van der Waals surface area contributed by atoms with Crippen molar-refractivity contribution in [3.05, 3.63) is 52.0 Å². The summed E-state index contributed by atoms with van der Waals surface area (Å²) in [7, 11) is 0. The Morgan fingerprint density at radius 1 is 1.25 bits per heavy atom. The Kier molecular flexibility index (Phi) is 4.49. The minimum Gasteiger partial charge on any atom is -0.508 e. The van der Waals surface area contributed by atoms with Gasteiger partial charge in [0.1, 0.15) is 23.9 Å². The zero-order valence-electron chi connectivity index (χ0n) is 10.8. The number of phenolic OH excluding ortho intramolecular Hbond substituents is 1. The summed E-state index contributed by atoms with van der Waals surface area (Å²) >= 11 is 3.32. The van der Waals surface area contributed by atoms with E-state index in [9.17, 15) is 5.11 Å². The lowest BCUT2D eigenvalue weighted by Gasteiger charge is -2.12. The van der Waals surface area contributed by atoms with Crippen molar-refractivity contribution in [3.8, 4) is 23.5 Å². The van der Waals surface area contributed by atoms with Gasteiger partial charge in [0, 0.05) is 5.56 Å². The van der Waals surface area contributed by atoms with E-state index in [0.717, 1.165) is 11.1 Å². The molecule has 0 aliphatic heterocycles. The number of rotatable bonds is 4. The molecule has 1 N–H and O–H groups in total. The molecule has 2 rings (SSSR count). The van der Waals surface area contributed by atoms with E-state index in [0.29, 0.717) is 16.0 Å². The Balaban J connectivity index is 2.20. The number of hydrogen-bond donors (Lipinski definition) is 1. The molecule has 0 spiro atoms. The maximum Gasteiger partial charge on any atom is 0.292 e. The van der Waals surface area contributed by atoms with Gasteiger partial charge in [-0.15, -0.1) is 5.26 Å². The molecule has 0 amide bonds. The predicted molar refractivity (Wildman–Crippen MR) is 77.6 cm³/mol. The van der Waals surface area contributed by atoms with Crippen molar-refractivity contribution in [1.82, 2.24) is 0 Å². The van der Waals surface area contributed by atoms with Crippen molar-refractivity contribution in [2.24, 2.45) is 0 Å². The van der Waals surface area contributed by atoms with Crippen LogP contribution in [0.5, 0.6) is 17.2 Å². The Bertz CT molecular complexity index is 665. The average Bonchev–Trinajstić information content (AvgIpc) is 2.40. The summed E-state index contributed by atoms with van der Waals surface area (Å²) in [5, 5.41) is 18.0. The van der Waals surface area contributed by atoms with Gasteiger partial charge in [-0.25, -0.2) is 0 Å². The molecule has 0 saturated heterocycles. The molecule has 0 heterocycles. The van der Waals surface area contributed by atoms with Crippen LogP contribution in [0.2, 0.25) is 0 Å². The molecule has 0 unspecified atom stereocenters. The Labute approximate surface area is 125 Å². The second-order valence-corrected chi connectivity index (χ2v) is 5.00. The minimum atomic E-state index is 0.161. The lowest BCUT2D eigenvalue weighted by atomic mass is 10.1. The van der Waals surface area contributed by atoms with Crippen LogP contribution in [0.3, 0.4) is 0 Å². The lowest BCUT2D eigenvalue weighted by Crippen LogP contribution is -2.01. The summed E-state index contributed by atoms with van der Waals surface area (Å²) < 4.78 is 11.3. The van der Waals surface area contributed by atoms with E-state index >= 15 is 0 Å². The summed E-state index contributed by atoms with van der Waals surface area (Å²) in [6, 6.07) is 10.2. The molecule has 0 saturated carbocycles. The molecule has 0 aromatic heterocycles. The topological polar surface area (TPSA) is 62.5 Å². The standard InChI is InChI=1S/C15H12BrNO3/c1-10-3-2-4-14(20-9-17)12(10)8-19-15-6-5-11(18)7-13(15)16/h2-7,18H,8H2,1H3. The van der Waals surface area contributed by atoms with Crippen LogP contribution in [0, 0.1) is 18.4 Å². The van der Waals surface area contributed by atoms with E-state index in [1.807, 2.05) is 19.1 Å². The van der Waals surface area contributed by atoms with Gasteiger partial charge in [-0.3, -0.25) is 0 Å². The average molecular weight is 334 g/mol. The van der Waals surface area contributed by atoms with E-state index in [2.05, 4.69) is 15.9 Å². The molecule has 2 aromatic carbocycles. The molecule has 0 fully saturated rings. The lowest BCUT2D eigenvalue weighted by molar-refractivity contribution is 0.297. The van der Waals surface area contributed by atoms with Gasteiger partial charge in [-0.1, -0.05) is 12.1 Å². The van der Waals surface area contributed by atoms with Crippen molar-refractivity contribution in [1.29, 1.82) is 5.26 Å². The number of nitrogens with zero attached hydrogens (tertiary/aromatic N) is 1. The van der Waals surface area contributed by atoms with Crippen molar-refractivity contribution >= 4 is 15.9 Å². The number of aryl methyl sites for hydroxylation is 1. The predicted octanol–water partition coefficient (Wildman–Crippen LogP) is 3.90. The number of aromatic hydroxyl groups is 1. The molecule has 20 heavy (non-hydrogen) atoms. The number of halogens is 1. The highest BCUT2D eigenvalue weighted by Crippen LogP contribution is 2.30. The van der Waals surface area contributed by atoms with Gasteiger partial charge in [0.15, 0.2) is 0 Å². The first-order chi connectivity index (χ1) is 9.61. The van der Waals surface area contributed by atoms with Crippen LogP contribution in [0.1, 0.15) is 11.1 Å². The SMILES string of the molecule is Cc1cccc(OC#N)c1COc1ccc(O)cc1Br. The summed E-state index contributed by atoms with van der Waals surface area (Å²) in [6.45, 7) is 2.20. The first-order valence-electron chi connectivity index (χ1n) is 5.87. The van der Waals surface area contributed by atoms with Gasteiger partial charge < -0.3 is 14.6 Å². The number of phenols is 1. The first kappa shape index (κ1) is 14.2. The van der Waals surface area contributed by atoms with Gasteiger partial charge in [0.05, 0.1) is 4.47 Å². The van der Waals surface area contributed by atoms with E-state index in [-0.39, 0.29) is 12.4 Å². The van der Waals surface area contributed by atoms with Gasteiger partial charge in [0.25, 0.3) is 6.26 Å². The molecule has 0 atom stereocenters. The van der Waals surface area contributed by atoms with Crippen LogP contribution in [0.25, 0.3) is 0 Å². The molecule has 5 heteroatoms. The number of hydrogen-bond acceptors (Lipinski definition) is 4. The van der Waals surface area contributed by atoms with Gasteiger partial charge in [0.2, 0.25) is 0 Å². The summed E-state index contributed by atoms with van der Waals surface area (Å²) in [4.78, 5) is 0. The molecule has 4 nitrogen and oxygen atoms in total. The Morgan fingerprint density at radius 3 is 2.75 bits per heavy atom. The van der Waals surface area contributed by atoms with E-state index in [4.69, 9.17) is 14.7 Å². The molecule has 0 radical (unpaired) electrons. The smallest absolute Gasteiger partial charge is 0.292 e. The van der Waals surface area contributed by atoms with E-state index in [1.54, 1.807) is 30.5 Å². The number of nitriles is 1. The first-order valence-corrected chi connectivity index (χ1v) is 6.67. The highest BCUT2D eigenvalue weighted by atomic mass is 79.9. The zero-order chi connectivity index (χ0) is 14.5. The fourth-order valence-electron chi connectivity index (χ4n) is 1.76. The quantitative estimate of drug-likeness (QED) is 0.862. The Hall–Kier alpha value is -2.19. The van der Waals surface area contributed by atoms with E-state index in [1.165, 1.54) is 0 Å². The van der Waals surface area contributed by atoms with Gasteiger partial charge >= 0.3 is 0 Å². The van der Waals surface area contributed by atoms with Crippen molar-refractivity contribution in [2.45, 2.75) is 13.5 Å². The second-order valence-electron chi connectivity index (χ2n) is 4.15. The normalized spacial score (nSPS) is 9.85. The van der Waals surface area contributed by atoms with E-state index < -0.39 is 0 Å². The maximum absolute atomic E-state index is 9.34. The van der Waals surface area contributed by atoms with Crippen LogP contribution < -0.4 is 9.47 Å². The highest BCUT2D eigenvalue weighted by molar-refractivity contribution is 9.10. The Morgan fingerprint density at radius 2 is 2.05 bits per heavy atom. The largest absolute Gasteiger partial charge is 0.508 e. The maximum atomic E-state index is 9.34. The molecular formula is C15H12BrNO3. The molecule has 2 aromatic rings. The summed E-state index contributed by atoms with van der Waals surface area (Å²) in [6.07, 6.45) is 1.67. The van der Waals surface area contributed by atoms with Crippen molar-refractivity contribution < 1.29 is 14.6 Å². The third kappa shape index (κ3) is 3.22.